The van der Waals surface area contributed by atoms with Crippen molar-refractivity contribution in [3.8, 4) is 5.88 Å². The predicted molar refractivity (Wildman–Crippen MR) is 112 cm³/mol. The van der Waals surface area contributed by atoms with Gasteiger partial charge in [-0.25, -0.2) is 4.98 Å². The van der Waals surface area contributed by atoms with Gasteiger partial charge in [-0.2, -0.15) is 5.10 Å². The fraction of sp³-hybridized carbons (Fsp3) is 0.522. The molecule has 30 heavy (non-hydrogen) atoms. The monoisotopic (exact) mass is 407 g/mol. The maximum Gasteiger partial charge on any atom is 0.213 e. The summed E-state index contributed by atoms with van der Waals surface area (Å²) in [6.07, 6.45) is 8.01. The zero-order valence-corrected chi connectivity index (χ0v) is 17.9. The number of ether oxygens (including phenoxy) is 1. The fourth-order valence-electron chi connectivity index (χ4n) is 5.16. The highest BCUT2D eigenvalue weighted by Crippen LogP contribution is 2.43. The van der Waals surface area contributed by atoms with Crippen molar-refractivity contribution >= 4 is 0 Å². The van der Waals surface area contributed by atoms with Crippen LogP contribution in [0.4, 0.5) is 0 Å². The van der Waals surface area contributed by atoms with E-state index in [0.717, 1.165) is 43.9 Å². The fourth-order valence-corrected chi connectivity index (χ4v) is 5.16. The van der Waals surface area contributed by atoms with Crippen molar-refractivity contribution in [2.75, 3.05) is 13.1 Å². The highest BCUT2D eigenvalue weighted by molar-refractivity contribution is 5.21. The summed E-state index contributed by atoms with van der Waals surface area (Å²) in [5.74, 6) is 2.89. The second-order valence-electron chi connectivity index (χ2n) is 8.88. The van der Waals surface area contributed by atoms with E-state index >= 15 is 0 Å². The molecular weight excluding hydrogens is 378 g/mol. The van der Waals surface area contributed by atoms with Crippen molar-refractivity contribution in [3.63, 3.8) is 0 Å². The maximum absolute atomic E-state index is 6.40. The smallest absolute Gasteiger partial charge is 0.213 e. The van der Waals surface area contributed by atoms with Crippen LogP contribution in [0.2, 0.25) is 0 Å². The number of pyridine rings is 1. The largest absolute Gasteiger partial charge is 0.472 e. The van der Waals surface area contributed by atoms with Gasteiger partial charge in [-0.1, -0.05) is 11.2 Å². The number of hydrogen-bond acceptors (Lipinski definition) is 6. The van der Waals surface area contributed by atoms with Gasteiger partial charge in [-0.15, -0.1) is 0 Å². The van der Waals surface area contributed by atoms with Gasteiger partial charge in [-0.05, 0) is 57.1 Å². The van der Waals surface area contributed by atoms with Crippen LogP contribution in [0.25, 0.3) is 0 Å². The van der Waals surface area contributed by atoms with Gasteiger partial charge in [0.05, 0.1) is 17.9 Å². The number of rotatable bonds is 5. The molecule has 0 aromatic carbocycles. The summed E-state index contributed by atoms with van der Waals surface area (Å²) in [5, 5.41) is 8.75. The number of likely N-dealkylation sites (tertiary alicyclic amines) is 1. The van der Waals surface area contributed by atoms with E-state index in [1.807, 2.05) is 38.2 Å². The molecule has 4 atom stereocenters. The van der Waals surface area contributed by atoms with Gasteiger partial charge in [0.1, 0.15) is 11.9 Å². The van der Waals surface area contributed by atoms with E-state index in [9.17, 15) is 0 Å². The molecule has 158 valence electrons. The molecule has 0 amide bonds. The molecule has 2 fully saturated rings. The highest BCUT2D eigenvalue weighted by Gasteiger charge is 2.44. The van der Waals surface area contributed by atoms with Crippen molar-refractivity contribution in [2.45, 2.75) is 52.3 Å². The quantitative estimate of drug-likeness (QED) is 0.642. The summed E-state index contributed by atoms with van der Waals surface area (Å²) >= 11 is 0. The number of aromatic nitrogens is 4. The first-order valence-corrected chi connectivity index (χ1v) is 10.8. The van der Waals surface area contributed by atoms with Crippen LogP contribution in [0, 0.1) is 32.6 Å². The molecule has 7 heteroatoms. The average Bonchev–Trinajstić information content (AvgIpc) is 3.43. The van der Waals surface area contributed by atoms with Crippen LogP contribution in [0.15, 0.2) is 41.3 Å². The molecule has 1 aliphatic carbocycles. The van der Waals surface area contributed by atoms with Crippen molar-refractivity contribution < 1.29 is 9.26 Å². The van der Waals surface area contributed by atoms with Crippen LogP contribution in [0.3, 0.4) is 0 Å². The van der Waals surface area contributed by atoms with Crippen LogP contribution < -0.4 is 4.74 Å². The molecule has 4 heterocycles. The van der Waals surface area contributed by atoms with Crippen LogP contribution in [0.1, 0.15) is 41.5 Å². The van der Waals surface area contributed by atoms with Gasteiger partial charge in [-0.3, -0.25) is 9.58 Å². The van der Waals surface area contributed by atoms with E-state index in [-0.39, 0.29) is 12.1 Å². The lowest BCUT2D eigenvalue weighted by Gasteiger charge is -2.37. The van der Waals surface area contributed by atoms with E-state index in [4.69, 9.17) is 9.26 Å². The van der Waals surface area contributed by atoms with E-state index in [1.54, 1.807) is 6.20 Å². The van der Waals surface area contributed by atoms with Gasteiger partial charge in [0, 0.05) is 43.7 Å². The summed E-state index contributed by atoms with van der Waals surface area (Å²) in [4.78, 5) is 6.95. The number of fused-ring (bicyclic) bond motifs is 1. The first kappa shape index (κ1) is 19.3. The first-order valence-electron chi connectivity index (χ1n) is 10.8. The number of nitrogens with zero attached hydrogens (tertiary/aromatic N) is 5. The van der Waals surface area contributed by atoms with Crippen LogP contribution in [-0.2, 0) is 6.54 Å². The Labute approximate surface area is 177 Å². The summed E-state index contributed by atoms with van der Waals surface area (Å²) in [5.41, 5.74) is 3.41. The SMILES string of the molecule is Cc1cnn([C@H]2C[C@H]3CN(Cc4c(C)noc4C)C[C@H]3C[C@@H]2Oc2ccccn2)c1. The van der Waals surface area contributed by atoms with Gasteiger partial charge < -0.3 is 9.26 Å². The lowest BCUT2D eigenvalue weighted by atomic mass is 9.77. The van der Waals surface area contributed by atoms with E-state index < -0.39 is 0 Å². The third-order valence-electron chi connectivity index (χ3n) is 6.70. The van der Waals surface area contributed by atoms with Crippen molar-refractivity contribution in [2.24, 2.45) is 11.8 Å². The van der Waals surface area contributed by atoms with Crippen LogP contribution in [0.5, 0.6) is 5.88 Å². The molecule has 0 radical (unpaired) electrons. The summed E-state index contributed by atoms with van der Waals surface area (Å²) < 4.78 is 13.9. The Hall–Kier alpha value is -2.67. The van der Waals surface area contributed by atoms with Gasteiger partial charge in [0.2, 0.25) is 5.88 Å². The molecule has 0 spiro atoms. The predicted octanol–water partition coefficient (Wildman–Crippen LogP) is 3.72. The molecule has 1 saturated heterocycles. The Morgan fingerprint density at radius 3 is 2.63 bits per heavy atom. The molecule has 1 aliphatic heterocycles. The van der Waals surface area contributed by atoms with Crippen LogP contribution >= 0.6 is 0 Å². The molecule has 0 bridgehead atoms. The first-order chi connectivity index (χ1) is 14.6. The maximum atomic E-state index is 6.40. The minimum atomic E-state index is 0.0689. The van der Waals surface area contributed by atoms with E-state index in [1.165, 1.54) is 11.1 Å². The second kappa shape index (κ2) is 7.87. The minimum Gasteiger partial charge on any atom is -0.472 e. The lowest BCUT2D eigenvalue weighted by Crippen LogP contribution is -2.40. The zero-order valence-electron chi connectivity index (χ0n) is 17.9. The third kappa shape index (κ3) is 3.74. The van der Waals surface area contributed by atoms with Gasteiger partial charge >= 0.3 is 0 Å². The minimum absolute atomic E-state index is 0.0689. The molecule has 0 N–H and O–H groups in total. The molecular formula is C23H29N5O2. The Balaban J connectivity index is 1.35. The van der Waals surface area contributed by atoms with Gasteiger partial charge in [0.15, 0.2) is 0 Å². The summed E-state index contributed by atoms with van der Waals surface area (Å²) in [7, 11) is 0. The Kier molecular flexibility index (Phi) is 5.06. The van der Waals surface area contributed by atoms with Crippen molar-refractivity contribution in [1.82, 2.24) is 24.8 Å². The molecule has 1 saturated carbocycles. The average molecular weight is 408 g/mol. The van der Waals surface area contributed by atoms with E-state index in [0.29, 0.717) is 17.7 Å². The molecule has 2 aliphatic rings. The standard InChI is InChI=1S/C23H29N5O2/c1-15-10-25-28(11-15)21-8-18-12-27(14-20-16(2)26-30-17(20)3)13-19(18)9-22(21)29-23-6-4-5-7-24-23/h4-7,10-11,18-19,21-22H,8-9,12-14H2,1-3H3/t18-,19+,21-,22-/m0/s1. The molecule has 3 aromatic heterocycles. The van der Waals surface area contributed by atoms with Crippen molar-refractivity contribution in [1.29, 1.82) is 0 Å². The molecule has 0 unspecified atom stereocenters. The number of aryl methyl sites for hydroxylation is 3. The Bertz CT molecular complexity index is 979. The topological polar surface area (TPSA) is 69.2 Å². The highest BCUT2D eigenvalue weighted by atomic mass is 16.5. The molecule has 3 aromatic rings. The van der Waals surface area contributed by atoms with Crippen LogP contribution in [-0.4, -0.2) is 44.0 Å². The second-order valence-corrected chi connectivity index (χ2v) is 8.88. The Morgan fingerprint density at radius 1 is 1.13 bits per heavy atom. The third-order valence-corrected chi connectivity index (χ3v) is 6.70. The zero-order chi connectivity index (χ0) is 20.7. The summed E-state index contributed by atoms with van der Waals surface area (Å²) in [6, 6.07) is 6.06. The summed E-state index contributed by atoms with van der Waals surface area (Å²) in [6.45, 7) is 9.21. The van der Waals surface area contributed by atoms with Gasteiger partial charge in [0.25, 0.3) is 0 Å². The van der Waals surface area contributed by atoms with E-state index in [2.05, 4.69) is 37.9 Å². The molecule has 5 rings (SSSR count). The Morgan fingerprint density at radius 2 is 1.97 bits per heavy atom. The normalized spacial score (nSPS) is 26.6. The van der Waals surface area contributed by atoms with Crippen molar-refractivity contribution in [3.05, 3.63) is 59.4 Å². The number of hydrogen-bond donors (Lipinski definition) is 0. The lowest BCUT2D eigenvalue weighted by molar-refractivity contribution is 0.0459. The molecule has 7 nitrogen and oxygen atoms in total.